The van der Waals surface area contributed by atoms with E-state index in [9.17, 15) is 28.1 Å². The van der Waals surface area contributed by atoms with Crippen molar-refractivity contribution < 1.29 is 22.8 Å². The zero-order valence-electron chi connectivity index (χ0n) is 13.2. The Kier molecular flexibility index (Phi) is 4.71. The molecule has 7 nitrogen and oxygen atoms in total. The summed E-state index contributed by atoms with van der Waals surface area (Å²) in [5.41, 5.74) is -2.79. The van der Waals surface area contributed by atoms with E-state index in [1.54, 1.807) is 6.92 Å². The number of aromatic nitrogens is 2. The number of ether oxygens (including phenoxy) is 1. The molecule has 0 fully saturated rings. The molecule has 0 unspecified atom stereocenters. The molecule has 0 aliphatic heterocycles. The van der Waals surface area contributed by atoms with Crippen molar-refractivity contribution in [1.82, 2.24) is 9.13 Å². The Morgan fingerprint density at radius 1 is 1.32 bits per heavy atom. The van der Waals surface area contributed by atoms with Crippen LogP contribution in [0.3, 0.4) is 0 Å². The molecule has 0 saturated heterocycles. The first-order chi connectivity index (χ1) is 11.5. The lowest BCUT2D eigenvalue weighted by atomic mass is 10.1. The van der Waals surface area contributed by atoms with Gasteiger partial charge in [-0.2, -0.15) is 13.2 Å². The fourth-order valence-electron chi connectivity index (χ4n) is 2.40. The van der Waals surface area contributed by atoms with Crippen molar-refractivity contribution in [3.05, 3.63) is 54.7 Å². The van der Waals surface area contributed by atoms with Gasteiger partial charge in [0.05, 0.1) is 12.0 Å². The van der Waals surface area contributed by atoms with Gasteiger partial charge in [0, 0.05) is 13.1 Å². The third-order valence-corrected chi connectivity index (χ3v) is 4.00. The van der Waals surface area contributed by atoms with Gasteiger partial charge in [-0.3, -0.25) is 14.9 Å². The summed E-state index contributed by atoms with van der Waals surface area (Å²) >= 11 is 4.94. The topological polar surface area (TPSA) is 79.3 Å². The Balaban J connectivity index is 2.95. The zero-order chi connectivity index (χ0) is 19.1. The number of rotatable bonds is 3. The first-order valence-electron chi connectivity index (χ1n) is 6.73. The summed E-state index contributed by atoms with van der Waals surface area (Å²) in [5.74, 6) is -0.105. The SMILES string of the molecule is COc1c(C)ccc(-n2c(=O)cc(C(F)(F)F)n(C)c2=S)c1[N+](=O)[O-]. The van der Waals surface area contributed by atoms with E-state index in [4.69, 9.17) is 17.0 Å². The molecule has 0 saturated carbocycles. The number of aryl methyl sites for hydroxylation is 1. The normalized spacial score (nSPS) is 11.4. The fourth-order valence-corrected chi connectivity index (χ4v) is 2.68. The number of benzene rings is 1. The van der Waals surface area contributed by atoms with Crippen LogP contribution in [-0.4, -0.2) is 21.2 Å². The second kappa shape index (κ2) is 6.31. The van der Waals surface area contributed by atoms with Gasteiger partial charge in [0.1, 0.15) is 11.4 Å². The van der Waals surface area contributed by atoms with Gasteiger partial charge in [0.25, 0.3) is 5.56 Å². The Hall–Kier alpha value is -2.69. The summed E-state index contributed by atoms with van der Waals surface area (Å²) in [4.78, 5) is 22.9. The number of hydrogen-bond donors (Lipinski definition) is 0. The minimum Gasteiger partial charge on any atom is -0.490 e. The molecule has 2 aromatic rings. The second-order valence-electron chi connectivity index (χ2n) is 5.08. The maximum atomic E-state index is 13.0. The summed E-state index contributed by atoms with van der Waals surface area (Å²) in [6.07, 6.45) is -4.79. The Morgan fingerprint density at radius 2 is 1.92 bits per heavy atom. The molecule has 0 radical (unpaired) electrons. The van der Waals surface area contributed by atoms with Gasteiger partial charge in [0.15, 0.2) is 4.77 Å². The van der Waals surface area contributed by atoms with Gasteiger partial charge in [-0.05, 0) is 30.8 Å². The van der Waals surface area contributed by atoms with E-state index in [1.807, 2.05) is 0 Å². The highest BCUT2D eigenvalue weighted by molar-refractivity contribution is 7.71. The van der Waals surface area contributed by atoms with E-state index < -0.39 is 32.8 Å². The highest BCUT2D eigenvalue weighted by Crippen LogP contribution is 2.36. The van der Waals surface area contributed by atoms with Gasteiger partial charge in [-0.25, -0.2) is 4.57 Å². The molecule has 1 aromatic carbocycles. The van der Waals surface area contributed by atoms with Gasteiger partial charge in [-0.15, -0.1) is 0 Å². The quantitative estimate of drug-likeness (QED) is 0.468. The first kappa shape index (κ1) is 18.6. The maximum Gasteiger partial charge on any atom is 0.431 e. The lowest BCUT2D eigenvalue weighted by Gasteiger charge is -2.16. The standard InChI is InChI=1S/C14H12F3N3O4S/c1-7-4-5-8(11(20(22)23)12(7)24-3)19-10(21)6-9(14(15,16)17)18(2)13(19)25/h4-6H,1-3H3. The van der Waals surface area contributed by atoms with E-state index in [0.29, 0.717) is 20.8 Å². The number of methoxy groups -OCH3 is 1. The molecule has 25 heavy (non-hydrogen) atoms. The highest BCUT2D eigenvalue weighted by atomic mass is 32.1. The lowest BCUT2D eigenvalue weighted by molar-refractivity contribution is -0.385. The van der Waals surface area contributed by atoms with E-state index in [-0.39, 0.29) is 11.4 Å². The summed E-state index contributed by atoms with van der Waals surface area (Å²) in [6.45, 7) is 1.56. The van der Waals surface area contributed by atoms with Crippen LogP contribution < -0.4 is 10.3 Å². The fraction of sp³-hybridized carbons (Fsp3) is 0.286. The average Bonchev–Trinajstić information content (AvgIpc) is 2.50. The molecular formula is C14H12F3N3O4S. The average molecular weight is 375 g/mol. The molecule has 0 amide bonds. The van der Waals surface area contributed by atoms with E-state index >= 15 is 0 Å². The molecule has 11 heteroatoms. The molecule has 0 N–H and O–H groups in total. The number of nitrogens with zero attached hydrogens (tertiary/aromatic N) is 3. The number of halogens is 3. The molecule has 0 atom stereocenters. The Bertz CT molecular complexity index is 979. The molecule has 1 aromatic heterocycles. The summed E-state index contributed by atoms with van der Waals surface area (Å²) in [6, 6.07) is 3.02. The van der Waals surface area contributed by atoms with Crippen LogP contribution in [0.1, 0.15) is 11.3 Å². The third kappa shape index (κ3) is 3.14. The van der Waals surface area contributed by atoms with Crippen LogP contribution >= 0.6 is 12.2 Å². The van der Waals surface area contributed by atoms with Crippen LogP contribution in [0.2, 0.25) is 0 Å². The predicted molar refractivity (Wildman–Crippen MR) is 84.8 cm³/mol. The molecule has 0 bridgehead atoms. The van der Waals surface area contributed by atoms with Crippen molar-refractivity contribution in [3.63, 3.8) is 0 Å². The van der Waals surface area contributed by atoms with Crippen LogP contribution in [0.4, 0.5) is 18.9 Å². The van der Waals surface area contributed by atoms with Crippen molar-refractivity contribution in [2.45, 2.75) is 13.1 Å². The molecule has 2 rings (SSSR count). The minimum atomic E-state index is -4.79. The zero-order valence-corrected chi connectivity index (χ0v) is 14.1. The van der Waals surface area contributed by atoms with Crippen LogP contribution in [-0.2, 0) is 13.2 Å². The number of nitro benzene ring substituents is 1. The molecule has 0 aliphatic rings. The molecule has 0 aliphatic carbocycles. The van der Waals surface area contributed by atoms with Crippen molar-refractivity contribution in [2.24, 2.45) is 7.05 Å². The van der Waals surface area contributed by atoms with Crippen LogP contribution in [0.5, 0.6) is 5.75 Å². The van der Waals surface area contributed by atoms with Gasteiger partial charge in [-0.1, -0.05) is 6.07 Å². The molecule has 134 valence electrons. The number of alkyl halides is 3. The van der Waals surface area contributed by atoms with E-state index in [1.165, 1.54) is 19.2 Å². The van der Waals surface area contributed by atoms with Crippen molar-refractivity contribution in [2.75, 3.05) is 7.11 Å². The summed E-state index contributed by atoms with van der Waals surface area (Å²) in [5, 5.41) is 11.5. The molecule has 0 spiro atoms. The first-order valence-corrected chi connectivity index (χ1v) is 7.14. The van der Waals surface area contributed by atoms with E-state index in [2.05, 4.69) is 0 Å². The predicted octanol–water partition coefficient (Wildman–Crippen LogP) is 3.15. The highest BCUT2D eigenvalue weighted by Gasteiger charge is 2.35. The minimum absolute atomic E-state index is 0.105. The maximum absolute atomic E-state index is 13.0. The second-order valence-corrected chi connectivity index (χ2v) is 5.45. The smallest absolute Gasteiger partial charge is 0.431 e. The van der Waals surface area contributed by atoms with Crippen molar-refractivity contribution in [3.8, 4) is 11.4 Å². The van der Waals surface area contributed by atoms with Crippen LogP contribution in [0.15, 0.2) is 23.0 Å². The summed E-state index contributed by atoms with van der Waals surface area (Å²) in [7, 11) is 2.24. The van der Waals surface area contributed by atoms with E-state index in [0.717, 1.165) is 7.05 Å². The van der Waals surface area contributed by atoms with Crippen LogP contribution in [0.25, 0.3) is 5.69 Å². The largest absolute Gasteiger partial charge is 0.490 e. The van der Waals surface area contributed by atoms with Gasteiger partial charge < -0.3 is 9.30 Å². The molecule has 1 heterocycles. The van der Waals surface area contributed by atoms with Gasteiger partial charge >= 0.3 is 11.9 Å². The number of nitro groups is 1. The van der Waals surface area contributed by atoms with Crippen LogP contribution in [0, 0.1) is 21.8 Å². The van der Waals surface area contributed by atoms with Crippen molar-refractivity contribution in [1.29, 1.82) is 0 Å². The monoisotopic (exact) mass is 375 g/mol. The van der Waals surface area contributed by atoms with Gasteiger partial charge in [0.2, 0.25) is 5.75 Å². The lowest BCUT2D eigenvalue weighted by Crippen LogP contribution is -2.28. The molecular weight excluding hydrogens is 363 g/mol. The Labute approximate surface area is 144 Å². The Morgan fingerprint density at radius 3 is 2.40 bits per heavy atom. The third-order valence-electron chi connectivity index (χ3n) is 3.55. The summed E-state index contributed by atoms with van der Waals surface area (Å²) < 4.78 is 44.7. The van der Waals surface area contributed by atoms with Crippen molar-refractivity contribution >= 4 is 17.9 Å². The number of hydrogen-bond acceptors (Lipinski definition) is 5.